The summed E-state index contributed by atoms with van der Waals surface area (Å²) in [7, 11) is 0. The lowest BCUT2D eigenvalue weighted by Gasteiger charge is -2.07. The van der Waals surface area contributed by atoms with Crippen LogP contribution in [-0.2, 0) is 9.59 Å². The number of aromatic nitrogens is 1. The second-order valence-corrected chi connectivity index (χ2v) is 4.03. The summed E-state index contributed by atoms with van der Waals surface area (Å²) in [5.74, 6) is -1.69. The van der Waals surface area contributed by atoms with Crippen molar-refractivity contribution in [3.8, 4) is 0 Å². The molecule has 1 aromatic rings. The number of carbonyl (C=O) groups excluding carboxylic acids is 2. The number of carboxylic acid groups (broad SMARTS) is 1. The van der Waals surface area contributed by atoms with Gasteiger partial charge >= 0.3 is 5.97 Å². The van der Waals surface area contributed by atoms with Crippen molar-refractivity contribution in [1.82, 2.24) is 0 Å². The second-order valence-electron chi connectivity index (χ2n) is 3.41. The van der Waals surface area contributed by atoms with E-state index in [0.717, 1.165) is 0 Å². The number of hydrogen-bond donors (Lipinski definition) is 0. The van der Waals surface area contributed by atoms with E-state index < -0.39 is 17.3 Å². The van der Waals surface area contributed by atoms with E-state index >= 15 is 0 Å². The van der Waals surface area contributed by atoms with Crippen LogP contribution in [0.1, 0.15) is 19.3 Å². The van der Waals surface area contributed by atoms with Gasteiger partial charge in [0.25, 0.3) is 0 Å². The Morgan fingerprint density at radius 2 is 1.89 bits per heavy atom. The van der Waals surface area contributed by atoms with Crippen molar-refractivity contribution in [1.29, 1.82) is 0 Å². The van der Waals surface area contributed by atoms with Crippen LogP contribution in [0.25, 0.3) is 0 Å². The standard InChI is InChI=1S/C11H12ClNO4.ClH/c12-9(8-10(14)15)4-5-11(16)17-13-6-2-1-3-7-13;/h1-3,6-7,9H,4-5,8H2;1H. The Bertz CT molecular complexity index is 386. The van der Waals surface area contributed by atoms with Crippen LogP contribution < -0.4 is 14.7 Å². The first kappa shape index (κ1) is 16.7. The largest absolute Gasteiger partial charge is 0.550 e. The summed E-state index contributed by atoms with van der Waals surface area (Å²) in [5, 5.41) is 9.61. The van der Waals surface area contributed by atoms with Gasteiger partial charge in [0.2, 0.25) is 12.4 Å². The van der Waals surface area contributed by atoms with E-state index in [4.69, 9.17) is 16.4 Å². The second kappa shape index (κ2) is 8.72. The van der Waals surface area contributed by atoms with Gasteiger partial charge in [-0.3, -0.25) is 0 Å². The van der Waals surface area contributed by atoms with E-state index in [1.165, 1.54) is 4.73 Å². The highest BCUT2D eigenvalue weighted by molar-refractivity contribution is 6.21. The topological polar surface area (TPSA) is 70.3 Å². The third-order valence-electron chi connectivity index (χ3n) is 1.95. The van der Waals surface area contributed by atoms with E-state index in [9.17, 15) is 14.7 Å². The van der Waals surface area contributed by atoms with Gasteiger partial charge in [0.1, 0.15) is 0 Å². The molecule has 0 fully saturated rings. The van der Waals surface area contributed by atoms with Crippen LogP contribution in [0, 0.1) is 0 Å². The monoisotopic (exact) mass is 293 g/mol. The Kier molecular flexibility index (Phi) is 8.07. The number of aliphatic carboxylic acids is 1. The summed E-state index contributed by atoms with van der Waals surface area (Å²) in [6.45, 7) is 0. The Hall–Kier alpha value is -1.33. The van der Waals surface area contributed by atoms with Gasteiger partial charge in [-0.2, -0.15) is 4.84 Å². The molecule has 0 radical (unpaired) electrons. The summed E-state index contributed by atoms with van der Waals surface area (Å²) in [4.78, 5) is 26.5. The SMILES string of the molecule is Cl.O=C([O-])CC(Cl)CCC(=O)O[n+]1ccccc1. The van der Waals surface area contributed by atoms with E-state index in [1.54, 1.807) is 30.6 Å². The van der Waals surface area contributed by atoms with Crippen molar-refractivity contribution >= 4 is 35.9 Å². The Morgan fingerprint density at radius 1 is 1.28 bits per heavy atom. The Labute approximate surface area is 116 Å². The summed E-state index contributed by atoms with van der Waals surface area (Å²) < 4.78 is 1.27. The molecule has 7 heteroatoms. The minimum absolute atomic E-state index is 0. The van der Waals surface area contributed by atoms with Gasteiger partial charge < -0.3 is 9.90 Å². The molecule has 0 bridgehead atoms. The van der Waals surface area contributed by atoms with Crippen LogP contribution in [0.3, 0.4) is 0 Å². The molecule has 0 saturated carbocycles. The third-order valence-corrected chi connectivity index (χ3v) is 2.32. The summed E-state index contributed by atoms with van der Waals surface area (Å²) in [6, 6.07) is 5.22. The van der Waals surface area contributed by atoms with Gasteiger partial charge in [-0.05, 0) is 6.42 Å². The van der Waals surface area contributed by atoms with Crippen LogP contribution in [-0.4, -0.2) is 17.3 Å². The number of hydrogen-bond acceptors (Lipinski definition) is 4. The molecule has 0 N–H and O–H groups in total. The fourth-order valence-corrected chi connectivity index (χ4v) is 1.40. The molecular formula is C11H13Cl2NO4. The molecule has 1 aromatic heterocycles. The molecule has 0 aliphatic rings. The maximum atomic E-state index is 11.3. The van der Waals surface area contributed by atoms with E-state index in [1.807, 2.05) is 0 Å². The zero-order chi connectivity index (χ0) is 12.7. The van der Waals surface area contributed by atoms with Crippen molar-refractivity contribution in [3.05, 3.63) is 30.6 Å². The highest BCUT2D eigenvalue weighted by Gasteiger charge is 2.13. The molecular weight excluding hydrogens is 281 g/mol. The first-order chi connectivity index (χ1) is 8.08. The van der Waals surface area contributed by atoms with Crippen molar-refractivity contribution in [2.75, 3.05) is 0 Å². The Morgan fingerprint density at radius 3 is 2.44 bits per heavy atom. The molecule has 1 rings (SSSR count). The summed E-state index contributed by atoms with van der Waals surface area (Å²) in [6.07, 6.45) is 3.19. The molecule has 1 heterocycles. The highest BCUT2D eigenvalue weighted by atomic mass is 35.5. The Balaban J connectivity index is 0.00000289. The van der Waals surface area contributed by atoms with Crippen LogP contribution in [0.15, 0.2) is 30.6 Å². The lowest BCUT2D eigenvalue weighted by molar-refractivity contribution is -0.869. The maximum Gasteiger partial charge on any atom is 0.380 e. The number of carbonyl (C=O) groups is 2. The average Bonchev–Trinajstić information content (AvgIpc) is 2.27. The molecule has 0 aliphatic carbocycles. The minimum atomic E-state index is -1.23. The number of rotatable bonds is 6. The minimum Gasteiger partial charge on any atom is -0.550 e. The number of halogens is 2. The lowest BCUT2D eigenvalue weighted by Crippen LogP contribution is -2.45. The number of nitrogens with zero attached hydrogens (tertiary/aromatic N) is 1. The fourth-order valence-electron chi connectivity index (χ4n) is 1.16. The first-order valence-corrected chi connectivity index (χ1v) is 5.53. The van der Waals surface area contributed by atoms with Crippen LogP contribution in [0.2, 0.25) is 0 Å². The molecule has 5 nitrogen and oxygen atoms in total. The number of alkyl halides is 1. The van der Waals surface area contributed by atoms with Crippen molar-refractivity contribution < 1.29 is 24.3 Å². The predicted octanol–water partition coefficient (Wildman–Crippen LogP) is -0.121. The first-order valence-electron chi connectivity index (χ1n) is 5.09. The predicted molar refractivity (Wildman–Crippen MR) is 64.0 cm³/mol. The van der Waals surface area contributed by atoms with Gasteiger partial charge in [0, 0.05) is 34.6 Å². The van der Waals surface area contributed by atoms with E-state index in [2.05, 4.69) is 0 Å². The molecule has 0 saturated heterocycles. The summed E-state index contributed by atoms with van der Waals surface area (Å²) in [5.41, 5.74) is 0. The molecule has 1 atom stereocenters. The van der Waals surface area contributed by atoms with Gasteiger partial charge in [-0.15, -0.1) is 24.0 Å². The zero-order valence-corrected chi connectivity index (χ0v) is 11.0. The molecule has 1 unspecified atom stereocenters. The zero-order valence-electron chi connectivity index (χ0n) is 9.45. The highest BCUT2D eigenvalue weighted by Crippen LogP contribution is 2.08. The van der Waals surface area contributed by atoms with Gasteiger partial charge in [0.15, 0.2) is 0 Å². The van der Waals surface area contributed by atoms with Crippen molar-refractivity contribution in [2.24, 2.45) is 0 Å². The fraction of sp³-hybridized carbons (Fsp3) is 0.364. The summed E-state index contributed by atoms with van der Waals surface area (Å²) >= 11 is 5.69. The average molecular weight is 294 g/mol. The third kappa shape index (κ3) is 7.09. The van der Waals surface area contributed by atoms with Crippen LogP contribution in [0.5, 0.6) is 0 Å². The van der Waals surface area contributed by atoms with Gasteiger partial charge in [-0.25, -0.2) is 4.79 Å². The van der Waals surface area contributed by atoms with Gasteiger partial charge in [-0.1, -0.05) is 6.07 Å². The lowest BCUT2D eigenvalue weighted by atomic mass is 10.2. The molecule has 0 aliphatic heterocycles. The number of pyridine rings is 1. The molecule has 100 valence electrons. The molecule has 18 heavy (non-hydrogen) atoms. The molecule has 0 aromatic carbocycles. The van der Waals surface area contributed by atoms with E-state index in [-0.39, 0.29) is 31.7 Å². The van der Waals surface area contributed by atoms with E-state index in [0.29, 0.717) is 0 Å². The van der Waals surface area contributed by atoms with Crippen LogP contribution in [0.4, 0.5) is 0 Å². The van der Waals surface area contributed by atoms with Crippen LogP contribution >= 0.6 is 24.0 Å². The molecule has 0 spiro atoms. The van der Waals surface area contributed by atoms with Gasteiger partial charge in [0.05, 0.1) is 6.42 Å². The maximum absolute atomic E-state index is 11.3. The molecule has 0 amide bonds. The number of carboxylic acids is 1. The smallest absolute Gasteiger partial charge is 0.380 e. The van der Waals surface area contributed by atoms with Crippen molar-refractivity contribution in [2.45, 2.75) is 24.6 Å². The van der Waals surface area contributed by atoms with Crippen molar-refractivity contribution in [3.63, 3.8) is 0 Å². The normalized spacial score (nSPS) is 11.2. The quantitative estimate of drug-likeness (QED) is 0.542.